The molecule has 2 aromatic heterocycles. The van der Waals surface area contributed by atoms with E-state index in [9.17, 15) is 4.79 Å². The van der Waals surface area contributed by atoms with Crippen molar-refractivity contribution in [3.63, 3.8) is 0 Å². The Bertz CT molecular complexity index is 767. The second-order valence-electron chi connectivity index (χ2n) is 7.65. The van der Waals surface area contributed by atoms with Gasteiger partial charge in [0.25, 0.3) is 5.91 Å². The molecule has 2 aromatic rings. The summed E-state index contributed by atoms with van der Waals surface area (Å²) in [5.41, 5.74) is 0. The van der Waals surface area contributed by atoms with Gasteiger partial charge in [0.2, 0.25) is 5.82 Å². The van der Waals surface area contributed by atoms with Crippen LogP contribution >= 0.6 is 11.3 Å². The Morgan fingerprint density at radius 3 is 2.88 bits per heavy atom. The summed E-state index contributed by atoms with van der Waals surface area (Å²) < 4.78 is 2.07. The van der Waals surface area contributed by atoms with E-state index in [1.54, 1.807) is 0 Å². The minimum Gasteiger partial charge on any atom is -0.347 e. The van der Waals surface area contributed by atoms with Gasteiger partial charge in [0.05, 0.1) is 0 Å². The fourth-order valence-corrected chi connectivity index (χ4v) is 5.09. The fraction of sp³-hybridized carbons (Fsp3) is 0.611. The molecule has 1 aliphatic carbocycles. The van der Waals surface area contributed by atoms with Crippen LogP contribution < -0.4 is 5.32 Å². The van der Waals surface area contributed by atoms with E-state index in [1.165, 1.54) is 11.3 Å². The van der Waals surface area contributed by atoms with Crippen molar-refractivity contribution in [1.29, 1.82) is 0 Å². The third-order valence-corrected chi connectivity index (χ3v) is 6.81. The normalized spacial score (nSPS) is 26.1. The molecule has 0 spiro atoms. The lowest BCUT2D eigenvalue weighted by atomic mass is 9.89. The molecule has 5 rings (SSSR count). The zero-order valence-corrected chi connectivity index (χ0v) is 15.0. The molecule has 1 N–H and O–H groups in total. The quantitative estimate of drug-likeness (QED) is 0.908. The Labute approximate surface area is 151 Å². The van der Waals surface area contributed by atoms with E-state index in [2.05, 4.69) is 42.5 Å². The van der Waals surface area contributed by atoms with Crippen molar-refractivity contribution < 1.29 is 4.79 Å². The van der Waals surface area contributed by atoms with Gasteiger partial charge < -0.3 is 9.88 Å². The molecule has 0 radical (unpaired) electrons. The van der Waals surface area contributed by atoms with E-state index in [4.69, 9.17) is 0 Å². The average molecular weight is 357 g/mol. The number of hydrogen-bond acceptors (Lipinski definition) is 5. The van der Waals surface area contributed by atoms with Gasteiger partial charge in [-0.25, -0.2) is 0 Å². The summed E-state index contributed by atoms with van der Waals surface area (Å²) in [5, 5.41) is 13.8. The number of nitrogens with zero attached hydrogens (tertiary/aromatic N) is 4. The van der Waals surface area contributed by atoms with Crippen LogP contribution in [0.25, 0.3) is 0 Å². The zero-order valence-electron chi connectivity index (χ0n) is 14.2. The number of rotatable bonds is 4. The number of thiophene rings is 1. The molecule has 0 unspecified atom stereocenters. The van der Waals surface area contributed by atoms with Crippen LogP contribution in [0.15, 0.2) is 17.5 Å². The van der Waals surface area contributed by atoms with Crippen LogP contribution in [0.1, 0.15) is 40.6 Å². The van der Waals surface area contributed by atoms with E-state index < -0.39 is 0 Å². The van der Waals surface area contributed by atoms with Crippen LogP contribution in [-0.2, 0) is 19.5 Å². The number of likely N-dealkylation sites (tertiary alicyclic amines) is 1. The average Bonchev–Trinajstić information content (AvgIpc) is 3.27. The molecular formula is C18H23N5OS. The third-order valence-electron chi connectivity index (χ3n) is 5.94. The summed E-state index contributed by atoms with van der Waals surface area (Å²) >= 11 is 1.83. The number of nitrogens with one attached hydrogen (secondary N) is 1. The van der Waals surface area contributed by atoms with E-state index in [0.717, 1.165) is 51.3 Å². The van der Waals surface area contributed by atoms with Gasteiger partial charge in [-0.3, -0.25) is 9.69 Å². The molecule has 1 saturated heterocycles. The molecule has 2 atom stereocenters. The number of aromatic nitrogens is 3. The lowest BCUT2D eigenvalue weighted by Crippen LogP contribution is -2.41. The van der Waals surface area contributed by atoms with Crippen molar-refractivity contribution in [2.75, 3.05) is 13.1 Å². The Hall–Kier alpha value is -1.73. The van der Waals surface area contributed by atoms with Gasteiger partial charge in [-0.2, -0.15) is 0 Å². The van der Waals surface area contributed by atoms with Crippen LogP contribution in [0.5, 0.6) is 0 Å². The van der Waals surface area contributed by atoms with Crippen molar-refractivity contribution in [3.05, 3.63) is 34.0 Å². The second-order valence-corrected chi connectivity index (χ2v) is 8.68. The van der Waals surface area contributed by atoms with Gasteiger partial charge in [-0.15, -0.1) is 21.5 Å². The van der Waals surface area contributed by atoms with Crippen LogP contribution in [0.2, 0.25) is 0 Å². The molecule has 1 amide bonds. The number of carbonyl (C=O) groups excluding carboxylic acids is 1. The van der Waals surface area contributed by atoms with Gasteiger partial charge >= 0.3 is 0 Å². The maximum absolute atomic E-state index is 12.5. The Morgan fingerprint density at radius 1 is 1.24 bits per heavy atom. The highest BCUT2D eigenvalue weighted by Crippen LogP contribution is 2.33. The molecular weight excluding hydrogens is 334 g/mol. The van der Waals surface area contributed by atoms with Crippen molar-refractivity contribution in [2.24, 2.45) is 11.8 Å². The highest BCUT2D eigenvalue weighted by Gasteiger charge is 2.39. The van der Waals surface area contributed by atoms with Crippen LogP contribution in [-0.4, -0.2) is 44.7 Å². The molecule has 2 aliphatic heterocycles. The lowest BCUT2D eigenvalue weighted by Gasteiger charge is -2.28. The van der Waals surface area contributed by atoms with Crippen molar-refractivity contribution in [2.45, 2.75) is 44.8 Å². The first-order valence-electron chi connectivity index (χ1n) is 9.24. The van der Waals surface area contributed by atoms with E-state index in [-0.39, 0.29) is 5.91 Å². The van der Waals surface area contributed by atoms with E-state index in [0.29, 0.717) is 23.7 Å². The SMILES string of the molecule is O=C(NC1CCC1)c1nnc2n1C[C@@H]1CN(Cc3cccs3)C[C@H]1C2. The first-order valence-corrected chi connectivity index (χ1v) is 10.1. The van der Waals surface area contributed by atoms with Crippen molar-refractivity contribution in [3.8, 4) is 0 Å². The van der Waals surface area contributed by atoms with E-state index in [1.807, 2.05) is 11.3 Å². The molecule has 25 heavy (non-hydrogen) atoms. The number of amides is 1. The summed E-state index contributed by atoms with van der Waals surface area (Å²) in [4.78, 5) is 16.5. The maximum Gasteiger partial charge on any atom is 0.289 e. The highest BCUT2D eigenvalue weighted by atomic mass is 32.1. The predicted octanol–water partition coefficient (Wildman–Crippen LogP) is 1.93. The zero-order chi connectivity index (χ0) is 16.8. The summed E-state index contributed by atoms with van der Waals surface area (Å²) in [7, 11) is 0. The second kappa shape index (κ2) is 6.21. The first-order chi connectivity index (χ1) is 12.3. The first kappa shape index (κ1) is 15.5. The smallest absolute Gasteiger partial charge is 0.289 e. The van der Waals surface area contributed by atoms with E-state index >= 15 is 0 Å². The molecule has 1 saturated carbocycles. The highest BCUT2D eigenvalue weighted by molar-refractivity contribution is 7.09. The minimum atomic E-state index is -0.0460. The van der Waals surface area contributed by atoms with Gasteiger partial charge in [-0.1, -0.05) is 6.07 Å². The summed E-state index contributed by atoms with van der Waals surface area (Å²) in [6.45, 7) is 4.14. The van der Waals surface area contributed by atoms with Crippen molar-refractivity contribution in [1.82, 2.24) is 25.0 Å². The van der Waals surface area contributed by atoms with Crippen LogP contribution in [0.3, 0.4) is 0 Å². The van der Waals surface area contributed by atoms with Gasteiger partial charge in [-0.05, 0) is 42.5 Å². The molecule has 0 aromatic carbocycles. The predicted molar refractivity (Wildman–Crippen MR) is 95.4 cm³/mol. The molecule has 2 fully saturated rings. The standard InChI is InChI=1S/C18H23N5OS/c24-18(19-14-3-1-4-14)17-21-20-16-7-12-8-22(9-13(12)10-23(16)17)11-15-5-2-6-25-15/h2,5-6,12-14H,1,3-4,7-11H2,(H,19,24)/t12-,13+/m1/s1. The molecule has 7 heteroatoms. The van der Waals surface area contributed by atoms with Crippen molar-refractivity contribution >= 4 is 17.2 Å². The monoisotopic (exact) mass is 357 g/mol. The lowest BCUT2D eigenvalue weighted by molar-refractivity contribution is 0.0898. The fourth-order valence-electron chi connectivity index (χ4n) is 4.34. The van der Waals surface area contributed by atoms with Gasteiger partial charge in [0.1, 0.15) is 5.82 Å². The third kappa shape index (κ3) is 2.89. The number of hydrogen-bond donors (Lipinski definition) is 1. The summed E-state index contributed by atoms with van der Waals surface area (Å²) in [5.74, 6) is 2.68. The largest absolute Gasteiger partial charge is 0.347 e. The van der Waals surface area contributed by atoms with Gasteiger partial charge in [0, 0.05) is 43.5 Å². The Kier molecular flexibility index (Phi) is 3.86. The van der Waals surface area contributed by atoms with Gasteiger partial charge in [0.15, 0.2) is 0 Å². The topological polar surface area (TPSA) is 63.1 Å². The minimum absolute atomic E-state index is 0.0460. The van der Waals surface area contributed by atoms with Crippen LogP contribution in [0.4, 0.5) is 0 Å². The molecule has 6 nitrogen and oxygen atoms in total. The Morgan fingerprint density at radius 2 is 2.12 bits per heavy atom. The molecule has 3 aliphatic rings. The molecule has 0 bridgehead atoms. The Balaban J connectivity index is 1.28. The number of fused-ring (bicyclic) bond motifs is 2. The number of carbonyl (C=O) groups is 1. The summed E-state index contributed by atoms with van der Waals surface area (Å²) in [6.07, 6.45) is 4.34. The molecule has 132 valence electrons. The molecule has 4 heterocycles. The summed E-state index contributed by atoms with van der Waals surface area (Å²) in [6, 6.07) is 4.67. The maximum atomic E-state index is 12.5. The van der Waals surface area contributed by atoms with Crippen LogP contribution in [0, 0.1) is 11.8 Å².